The molecule has 0 aromatic heterocycles. The van der Waals surface area contributed by atoms with Gasteiger partial charge in [0.2, 0.25) is 0 Å². The van der Waals surface area contributed by atoms with E-state index in [-0.39, 0.29) is 23.4 Å². The summed E-state index contributed by atoms with van der Waals surface area (Å²) in [6.45, 7) is 5.81. The molecule has 6 heteroatoms. The fraction of sp³-hybridized carbons (Fsp3) is 0.304. The highest BCUT2D eigenvalue weighted by Gasteiger charge is 2.46. The third-order valence-electron chi connectivity index (χ3n) is 5.08. The van der Waals surface area contributed by atoms with Crippen molar-refractivity contribution < 1.29 is 23.8 Å². The molecule has 1 saturated heterocycles. The largest absolute Gasteiger partial charge is 0.507 e. The summed E-state index contributed by atoms with van der Waals surface area (Å²) in [7, 11) is 1.47. The second-order valence-electron chi connectivity index (χ2n) is 7.18. The Balaban J connectivity index is 2.31. The maximum absolute atomic E-state index is 14.6. The van der Waals surface area contributed by atoms with Crippen molar-refractivity contribution in [2.45, 2.75) is 33.2 Å². The first-order valence-corrected chi connectivity index (χ1v) is 9.50. The topological polar surface area (TPSA) is 66.8 Å². The number of halogens is 1. The summed E-state index contributed by atoms with van der Waals surface area (Å²) in [5.41, 5.74) is 1.98. The molecule has 5 nitrogen and oxygen atoms in total. The first-order chi connectivity index (χ1) is 13.8. The number of benzene rings is 2. The van der Waals surface area contributed by atoms with E-state index in [1.54, 1.807) is 12.1 Å². The number of likely N-dealkylation sites (tertiary alicyclic amines) is 1. The molecule has 1 N–H and O–H groups in total. The molecule has 1 atom stereocenters. The SMILES string of the molecule is CCCN1C(=O)C(=O)/C(=C(/O)c2cc(C)cc(C)c2OC)C1c1ccccc1F. The lowest BCUT2D eigenvalue weighted by Crippen LogP contribution is -2.30. The zero-order valence-electron chi connectivity index (χ0n) is 17.0. The number of methoxy groups -OCH3 is 1. The number of aliphatic hydroxyl groups excluding tert-OH is 1. The van der Waals surface area contributed by atoms with Crippen LogP contribution in [0.5, 0.6) is 5.75 Å². The van der Waals surface area contributed by atoms with Gasteiger partial charge in [-0.2, -0.15) is 0 Å². The van der Waals surface area contributed by atoms with E-state index < -0.39 is 23.5 Å². The van der Waals surface area contributed by atoms with Crippen LogP contribution >= 0.6 is 0 Å². The molecule has 1 amide bonds. The van der Waals surface area contributed by atoms with Crippen LogP contribution in [-0.4, -0.2) is 35.4 Å². The Labute approximate surface area is 169 Å². The molecule has 2 aromatic carbocycles. The number of nitrogens with zero attached hydrogens (tertiary/aromatic N) is 1. The van der Waals surface area contributed by atoms with Crippen LogP contribution in [0.4, 0.5) is 4.39 Å². The zero-order chi connectivity index (χ0) is 21.3. The van der Waals surface area contributed by atoms with Gasteiger partial charge in [-0.15, -0.1) is 0 Å². The Morgan fingerprint density at radius 2 is 1.90 bits per heavy atom. The average molecular weight is 397 g/mol. The summed E-state index contributed by atoms with van der Waals surface area (Å²) in [4.78, 5) is 26.9. The third kappa shape index (κ3) is 3.50. The van der Waals surface area contributed by atoms with Crippen molar-refractivity contribution in [1.82, 2.24) is 4.90 Å². The van der Waals surface area contributed by atoms with Gasteiger partial charge >= 0.3 is 0 Å². The number of aryl methyl sites for hydroxylation is 2. The molecule has 0 aliphatic carbocycles. The zero-order valence-corrected chi connectivity index (χ0v) is 17.0. The molecule has 1 aliphatic rings. The molecule has 0 radical (unpaired) electrons. The van der Waals surface area contributed by atoms with Crippen molar-refractivity contribution >= 4 is 17.4 Å². The molecule has 0 bridgehead atoms. The smallest absolute Gasteiger partial charge is 0.295 e. The summed E-state index contributed by atoms with van der Waals surface area (Å²) in [6.07, 6.45) is 0.588. The number of hydrogen-bond acceptors (Lipinski definition) is 4. The van der Waals surface area contributed by atoms with E-state index in [1.165, 1.54) is 30.2 Å². The highest BCUT2D eigenvalue weighted by Crippen LogP contribution is 2.42. The van der Waals surface area contributed by atoms with Crippen molar-refractivity contribution in [3.8, 4) is 5.75 Å². The molecule has 0 saturated carbocycles. The molecule has 1 aliphatic heterocycles. The lowest BCUT2D eigenvalue weighted by molar-refractivity contribution is -0.139. The molecule has 29 heavy (non-hydrogen) atoms. The van der Waals surface area contributed by atoms with Gasteiger partial charge in [0.05, 0.1) is 24.3 Å². The summed E-state index contributed by atoms with van der Waals surface area (Å²) in [6, 6.07) is 8.56. The Hall–Kier alpha value is -3.15. The van der Waals surface area contributed by atoms with E-state index in [4.69, 9.17) is 4.74 Å². The van der Waals surface area contributed by atoms with Gasteiger partial charge < -0.3 is 14.7 Å². The van der Waals surface area contributed by atoms with Crippen LogP contribution < -0.4 is 4.74 Å². The number of aliphatic hydroxyl groups is 1. The number of amides is 1. The number of Topliss-reactive ketones (excluding diaryl/α,β-unsaturated/α-hetero) is 1. The lowest BCUT2D eigenvalue weighted by Gasteiger charge is -2.25. The van der Waals surface area contributed by atoms with E-state index in [2.05, 4.69) is 0 Å². The van der Waals surface area contributed by atoms with Crippen molar-refractivity contribution in [3.05, 3.63) is 70.0 Å². The van der Waals surface area contributed by atoms with Gasteiger partial charge in [0.1, 0.15) is 17.3 Å². The standard InChI is InChI=1S/C23H24FNO4/c1-5-10-25-19(15-8-6-7-9-17(15)24)18(21(27)23(25)28)20(26)16-12-13(2)11-14(3)22(16)29-4/h6-9,11-12,19,26H,5,10H2,1-4H3/b20-18+. The van der Waals surface area contributed by atoms with Crippen molar-refractivity contribution in [2.75, 3.05) is 13.7 Å². The van der Waals surface area contributed by atoms with Crippen LogP contribution in [0.15, 0.2) is 42.0 Å². The molecular weight excluding hydrogens is 373 g/mol. The molecular formula is C23H24FNO4. The van der Waals surface area contributed by atoms with Gasteiger partial charge in [-0.3, -0.25) is 9.59 Å². The molecule has 2 aromatic rings. The van der Waals surface area contributed by atoms with Crippen LogP contribution in [0.3, 0.4) is 0 Å². The second kappa shape index (κ2) is 8.07. The van der Waals surface area contributed by atoms with Crippen LogP contribution in [0, 0.1) is 19.7 Å². The van der Waals surface area contributed by atoms with E-state index in [9.17, 15) is 19.1 Å². The molecule has 1 heterocycles. The average Bonchev–Trinajstić information content (AvgIpc) is 2.92. The van der Waals surface area contributed by atoms with E-state index >= 15 is 0 Å². The Bertz CT molecular complexity index is 1010. The van der Waals surface area contributed by atoms with Crippen molar-refractivity contribution in [2.24, 2.45) is 0 Å². The van der Waals surface area contributed by atoms with E-state index in [1.807, 2.05) is 26.8 Å². The number of carbonyl (C=O) groups is 2. The molecule has 152 valence electrons. The van der Waals surface area contributed by atoms with Gasteiger partial charge in [0, 0.05) is 12.1 Å². The minimum atomic E-state index is -0.998. The predicted octanol–water partition coefficient (Wildman–Crippen LogP) is 4.28. The highest BCUT2D eigenvalue weighted by molar-refractivity contribution is 6.46. The maximum atomic E-state index is 14.6. The number of rotatable bonds is 5. The molecule has 0 spiro atoms. The van der Waals surface area contributed by atoms with Crippen LogP contribution in [0.1, 0.15) is 41.6 Å². The molecule has 3 rings (SSSR count). The summed E-state index contributed by atoms with van der Waals surface area (Å²) in [5.74, 6) is -2.07. The molecule has 1 fully saturated rings. The van der Waals surface area contributed by atoms with Gasteiger partial charge in [-0.25, -0.2) is 4.39 Å². The van der Waals surface area contributed by atoms with Crippen molar-refractivity contribution in [1.29, 1.82) is 0 Å². The second-order valence-corrected chi connectivity index (χ2v) is 7.18. The Morgan fingerprint density at radius 3 is 2.52 bits per heavy atom. The fourth-order valence-electron chi connectivity index (χ4n) is 3.92. The summed E-state index contributed by atoms with van der Waals surface area (Å²) >= 11 is 0. The third-order valence-corrected chi connectivity index (χ3v) is 5.08. The van der Waals surface area contributed by atoms with Gasteiger partial charge in [0.25, 0.3) is 11.7 Å². The summed E-state index contributed by atoms with van der Waals surface area (Å²) < 4.78 is 20.1. The first kappa shape index (κ1) is 20.6. The Kier molecular flexibility index (Phi) is 5.73. The van der Waals surface area contributed by atoms with E-state index in [0.717, 1.165) is 11.1 Å². The fourth-order valence-corrected chi connectivity index (χ4v) is 3.92. The number of ketones is 1. The van der Waals surface area contributed by atoms with E-state index in [0.29, 0.717) is 17.7 Å². The van der Waals surface area contributed by atoms with Gasteiger partial charge in [-0.1, -0.05) is 31.2 Å². The Morgan fingerprint density at radius 1 is 1.21 bits per heavy atom. The minimum Gasteiger partial charge on any atom is -0.507 e. The highest BCUT2D eigenvalue weighted by atomic mass is 19.1. The van der Waals surface area contributed by atoms with Gasteiger partial charge in [-0.05, 0) is 43.5 Å². The van der Waals surface area contributed by atoms with Crippen LogP contribution in [0.25, 0.3) is 5.76 Å². The minimum absolute atomic E-state index is 0.128. The van der Waals surface area contributed by atoms with Crippen molar-refractivity contribution in [3.63, 3.8) is 0 Å². The number of carbonyl (C=O) groups excluding carboxylic acids is 2. The molecule has 1 unspecified atom stereocenters. The maximum Gasteiger partial charge on any atom is 0.295 e. The number of ether oxygens (including phenoxy) is 1. The van der Waals surface area contributed by atoms with Crippen LogP contribution in [-0.2, 0) is 9.59 Å². The lowest BCUT2D eigenvalue weighted by atomic mass is 9.93. The summed E-state index contributed by atoms with van der Waals surface area (Å²) in [5, 5.41) is 11.2. The van der Waals surface area contributed by atoms with Crippen LogP contribution in [0.2, 0.25) is 0 Å². The normalized spacial score (nSPS) is 18.4. The first-order valence-electron chi connectivity index (χ1n) is 9.50. The van der Waals surface area contributed by atoms with Gasteiger partial charge in [0.15, 0.2) is 0 Å². The quantitative estimate of drug-likeness (QED) is 0.465. The predicted molar refractivity (Wildman–Crippen MR) is 108 cm³/mol. The monoisotopic (exact) mass is 397 g/mol. The number of hydrogen-bond donors (Lipinski definition) is 1.